The van der Waals surface area contributed by atoms with Crippen molar-refractivity contribution >= 4 is 11.9 Å². The van der Waals surface area contributed by atoms with E-state index in [0.29, 0.717) is 17.1 Å². The number of aliphatic hydroxyl groups excluding tert-OH is 4. The van der Waals surface area contributed by atoms with E-state index in [4.69, 9.17) is 19.3 Å². The van der Waals surface area contributed by atoms with Gasteiger partial charge in [0.2, 0.25) is 5.78 Å². The van der Waals surface area contributed by atoms with E-state index < -0.39 is 42.6 Å². The van der Waals surface area contributed by atoms with E-state index in [9.17, 15) is 25.2 Å². The van der Waals surface area contributed by atoms with E-state index in [0.717, 1.165) is 6.08 Å². The molecule has 1 fully saturated rings. The highest BCUT2D eigenvalue weighted by molar-refractivity contribution is 5.99. The van der Waals surface area contributed by atoms with E-state index >= 15 is 0 Å². The van der Waals surface area contributed by atoms with Gasteiger partial charge in [-0.2, -0.15) is 0 Å². The Morgan fingerprint density at radius 2 is 1.85 bits per heavy atom. The Hall–Kier alpha value is -2.01. The molecule has 144 valence electrons. The summed E-state index contributed by atoms with van der Waals surface area (Å²) in [5.41, 5.74) is 0.532. The van der Waals surface area contributed by atoms with Crippen molar-refractivity contribution in [2.24, 2.45) is 0 Å². The Morgan fingerprint density at radius 3 is 2.42 bits per heavy atom. The summed E-state index contributed by atoms with van der Waals surface area (Å²) in [6.45, 7) is -0.764. The summed E-state index contributed by atoms with van der Waals surface area (Å²) in [6.07, 6.45) is -4.77. The molecule has 0 bridgehead atoms. The van der Waals surface area contributed by atoms with Crippen LogP contribution >= 0.6 is 0 Å². The quantitative estimate of drug-likeness (QED) is 0.376. The van der Waals surface area contributed by atoms with Crippen LogP contribution in [0.1, 0.15) is 5.56 Å². The molecule has 0 saturated carbocycles. The van der Waals surface area contributed by atoms with Gasteiger partial charge in [-0.15, -0.1) is 0 Å². The fourth-order valence-corrected chi connectivity index (χ4v) is 2.61. The average molecular weight is 370 g/mol. The van der Waals surface area contributed by atoms with Crippen molar-refractivity contribution in [3.8, 4) is 11.5 Å². The summed E-state index contributed by atoms with van der Waals surface area (Å²) in [5.74, 6) is -2.96. The molecule has 5 atom stereocenters. The highest BCUT2D eigenvalue weighted by atomic mass is 16.7. The van der Waals surface area contributed by atoms with Crippen LogP contribution in [0.2, 0.25) is 0 Å². The van der Waals surface area contributed by atoms with E-state index in [1.54, 1.807) is 18.2 Å². The van der Waals surface area contributed by atoms with Crippen LogP contribution in [0.5, 0.6) is 11.5 Å². The van der Waals surface area contributed by atoms with Crippen LogP contribution in [0.3, 0.4) is 0 Å². The third-order valence-electron chi connectivity index (χ3n) is 4.15. The zero-order valence-corrected chi connectivity index (χ0v) is 14.3. The molecule has 5 N–H and O–H groups in total. The standard InChI is InChI=1S/C17H22O9/c1-24-10-5-3-9(7-11(10)25-2)4-6-13(19)17(23)16(22)15(21)14(20)12(8-18)26-17/h3-7,12,14-16,18,20-23H,8H2,1-2H3/t12-,14-,15+,16-,17-/m1/s1. The third-order valence-corrected chi connectivity index (χ3v) is 4.15. The van der Waals surface area contributed by atoms with Gasteiger partial charge in [0.1, 0.15) is 24.4 Å². The van der Waals surface area contributed by atoms with Gasteiger partial charge in [-0.05, 0) is 23.8 Å². The summed E-state index contributed by atoms with van der Waals surface area (Å²) in [4.78, 5) is 12.3. The summed E-state index contributed by atoms with van der Waals surface area (Å²) in [5, 5.41) is 48.9. The molecule has 1 aliphatic rings. The van der Waals surface area contributed by atoms with Crippen molar-refractivity contribution < 1.29 is 44.5 Å². The van der Waals surface area contributed by atoms with E-state index in [1.807, 2.05) is 0 Å². The van der Waals surface area contributed by atoms with E-state index in [1.165, 1.54) is 20.3 Å². The average Bonchev–Trinajstić information content (AvgIpc) is 2.66. The zero-order chi connectivity index (χ0) is 19.5. The second-order valence-electron chi connectivity index (χ2n) is 5.77. The molecular formula is C17H22O9. The molecule has 9 nitrogen and oxygen atoms in total. The molecule has 0 aliphatic carbocycles. The summed E-state index contributed by atoms with van der Waals surface area (Å²) >= 11 is 0. The lowest BCUT2D eigenvalue weighted by atomic mass is 9.90. The molecule has 0 aromatic heterocycles. The summed E-state index contributed by atoms with van der Waals surface area (Å²) in [6, 6.07) is 4.83. The van der Waals surface area contributed by atoms with Gasteiger partial charge in [-0.3, -0.25) is 4.79 Å². The lowest BCUT2D eigenvalue weighted by Crippen LogP contribution is -2.67. The number of ketones is 1. The van der Waals surface area contributed by atoms with Gasteiger partial charge in [0, 0.05) is 0 Å². The maximum Gasteiger partial charge on any atom is 0.260 e. The third kappa shape index (κ3) is 3.73. The van der Waals surface area contributed by atoms with Crippen molar-refractivity contribution in [3.05, 3.63) is 29.8 Å². The molecule has 1 saturated heterocycles. The van der Waals surface area contributed by atoms with Crippen LogP contribution in [-0.4, -0.2) is 82.3 Å². The number of hydrogen-bond acceptors (Lipinski definition) is 9. The lowest BCUT2D eigenvalue weighted by Gasteiger charge is -2.43. The van der Waals surface area contributed by atoms with Crippen LogP contribution in [0, 0.1) is 0 Å². The molecule has 2 rings (SSSR count). The second kappa shape index (κ2) is 8.12. The van der Waals surface area contributed by atoms with Gasteiger partial charge in [0.15, 0.2) is 11.5 Å². The van der Waals surface area contributed by atoms with Gasteiger partial charge in [0.05, 0.1) is 20.8 Å². The number of ether oxygens (including phenoxy) is 3. The zero-order valence-electron chi connectivity index (χ0n) is 14.3. The largest absolute Gasteiger partial charge is 0.493 e. The van der Waals surface area contributed by atoms with Gasteiger partial charge >= 0.3 is 0 Å². The molecule has 0 spiro atoms. The minimum Gasteiger partial charge on any atom is -0.493 e. The van der Waals surface area contributed by atoms with Crippen molar-refractivity contribution in [2.75, 3.05) is 20.8 Å². The molecule has 1 aliphatic heterocycles. The first kappa shape index (κ1) is 20.3. The van der Waals surface area contributed by atoms with Crippen molar-refractivity contribution in [1.82, 2.24) is 0 Å². The fraction of sp³-hybridized carbons (Fsp3) is 0.471. The predicted octanol–water partition coefficient (Wildman–Crippen LogP) is -1.55. The number of carbonyl (C=O) groups is 1. The van der Waals surface area contributed by atoms with Gasteiger partial charge in [-0.25, -0.2) is 0 Å². The molecule has 0 unspecified atom stereocenters. The molecule has 0 amide bonds. The Bertz CT molecular complexity index is 672. The predicted molar refractivity (Wildman–Crippen MR) is 88.5 cm³/mol. The van der Waals surface area contributed by atoms with Crippen LogP contribution in [0.25, 0.3) is 6.08 Å². The molecular weight excluding hydrogens is 348 g/mol. The minimum atomic E-state index is -2.81. The van der Waals surface area contributed by atoms with Gasteiger partial charge < -0.3 is 39.7 Å². The van der Waals surface area contributed by atoms with Crippen LogP contribution in [0.4, 0.5) is 0 Å². The van der Waals surface area contributed by atoms with Gasteiger partial charge in [-0.1, -0.05) is 12.1 Å². The highest BCUT2D eigenvalue weighted by Gasteiger charge is 2.56. The molecule has 0 radical (unpaired) electrons. The Balaban J connectivity index is 2.23. The number of rotatable bonds is 6. The molecule has 1 aromatic rings. The number of methoxy groups -OCH3 is 2. The van der Waals surface area contributed by atoms with Crippen LogP contribution in [-0.2, 0) is 9.53 Å². The second-order valence-corrected chi connectivity index (χ2v) is 5.77. The van der Waals surface area contributed by atoms with Crippen LogP contribution < -0.4 is 9.47 Å². The maximum atomic E-state index is 12.3. The molecule has 9 heteroatoms. The maximum absolute atomic E-state index is 12.3. The van der Waals surface area contributed by atoms with Crippen molar-refractivity contribution in [3.63, 3.8) is 0 Å². The number of hydrogen-bond donors (Lipinski definition) is 5. The Labute approximate surface area is 149 Å². The number of benzene rings is 1. The first-order valence-electron chi connectivity index (χ1n) is 7.78. The number of carbonyl (C=O) groups excluding carboxylic acids is 1. The van der Waals surface area contributed by atoms with Gasteiger partial charge in [0.25, 0.3) is 5.79 Å². The molecule has 1 heterocycles. The smallest absolute Gasteiger partial charge is 0.260 e. The fourth-order valence-electron chi connectivity index (χ4n) is 2.61. The van der Waals surface area contributed by atoms with Crippen molar-refractivity contribution in [1.29, 1.82) is 0 Å². The summed E-state index contributed by atoms with van der Waals surface area (Å²) in [7, 11) is 2.93. The highest BCUT2D eigenvalue weighted by Crippen LogP contribution is 2.30. The summed E-state index contributed by atoms with van der Waals surface area (Å²) < 4.78 is 15.2. The topological polar surface area (TPSA) is 146 Å². The van der Waals surface area contributed by atoms with Crippen molar-refractivity contribution in [2.45, 2.75) is 30.2 Å². The monoisotopic (exact) mass is 370 g/mol. The normalized spacial score (nSPS) is 31.8. The Morgan fingerprint density at radius 1 is 1.19 bits per heavy atom. The molecule has 1 aromatic carbocycles. The van der Waals surface area contributed by atoms with Crippen LogP contribution in [0.15, 0.2) is 24.3 Å². The SMILES string of the molecule is COc1ccc(C=CC(=O)[C@@]2(O)O[C@H](CO)[C@@H](O)[C@H](O)[C@H]2O)cc1OC. The minimum absolute atomic E-state index is 0.425. The lowest BCUT2D eigenvalue weighted by molar-refractivity contribution is -0.329. The van der Waals surface area contributed by atoms with E-state index in [-0.39, 0.29) is 0 Å². The Kier molecular flexibility index (Phi) is 6.34. The molecule has 26 heavy (non-hydrogen) atoms. The first-order chi connectivity index (χ1) is 12.3. The van der Waals surface area contributed by atoms with E-state index in [2.05, 4.69) is 0 Å². The number of aliphatic hydroxyl groups is 5. The first-order valence-corrected chi connectivity index (χ1v) is 7.78.